The number of para-hydroxylation sites is 2. The molecule has 7 heteroatoms. The van der Waals surface area contributed by atoms with Crippen LogP contribution in [0.1, 0.15) is 24.2 Å². The number of hydrogen-bond donors (Lipinski definition) is 1. The molecule has 2 aromatic carbocycles. The van der Waals surface area contributed by atoms with Gasteiger partial charge in [-0.2, -0.15) is 0 Å². The third-order valence-corrected chi connectivity index (χ3v) is 5.72. The van der Waals surface area contributed by atoms with Crippen molar-refractivity contribution in [3.05, 3.63) is 86.8 Å². The van der Waals surface area contributed by atoms with Crippen LogP contribution in [0.2, 0.25) is 0 Å². The molecule has 0 saturated heterocycles. The van der Waals surface area contributed by atoms with E-state index < -0.39 is 0 Å². The monoisotopic (exact) mass is 402 g/mol. The number of aromatic nitrogens is 3. The standard InChI is InChI=1S/C23H22N4O3/c1-4-30-15-11-9-14(10-12-15)19-21-20-16(22(28)26(3)23(29)25(20)2)13-27(21)18-8-6-5-7-17(18)24-19/h5-13,19,24H,4H2,1-3H3. The number of fused-ring (bicyclic) bond motifs is 5. The molecule has 1 unspecified atom stereocenters. The Balaban J connectivity index is 1.83. The van der Waals surface area contributed by atoms with Crippen LogP contribution in [0.5, 0.6) is 5.75 Å². The molecule has 3 heterocycles. The molecule has 0 amide bonds. The Labute approximate surface area is 172 Å². The lowest BCUT2D eigenvalue weighted by molar-refractivity contribution is 0.340. The average Bonchev–Trinajstić information content (AvgIpc) is 3.18. The molecule has 0 spiro atoms. The molecule has 1 atom stereocenters. The molecule has 4 aromatic rings. The van der Waals surface area contributed by atoms with Gasteiger partial charge in [0.05, 0.1) is 40.6 Å². The van der Waals surface area contributed by atoms with E-state index in [-0.39, 0.29) is 17.3 Å². The van der Waals surface area contributed by atoms with E-state index in [1.165, 1.54) is 7.05 Å². The molecule has 30 heavy (non-hydrogen) atoms. The zero-order chi connectivity index (χ0) is 21.0. The normalized spacial score (nSPS) is 14.8. The molecule has 0 fully saturated rings. The first-order valence-electron chi connectivity index (χ1n) is 9.91. The number of benzene rings is 2. The summed E-state index contributed by atoms with van der Waals surface area (Å²) < 4.78 is 10.3. The molecule has 0 radical (unpaired) electrons. The lowest BCUT2D eigenvalue weighted by Gasteiger charge is -2.30. The Morgan fingerprint density at radius 2 is 1.73 bits per heavy atom. The maximum Gasteiger partial charge on any atom is 0.331 e. The lowest BCUT2D eigenvalue weighted by Crippen LogP contribution is -2.37. The van der Waals surface area contributed by atoms with Crippen LogP contribution in [-0.4, -0.2) is 20.3 Å². The SMILES string of the molecule is CCOc1ccc(C2Nc3ccccc3-n3cc4c(=O)n(C)c(=O)n(C)c4c32)cc1. The molecule has 1 aliphatic rings. The highest BCUT2D eigenvalue weighted by Gasteiger charge is 2.30. The molecule has 0 aliphatic carbocycles. The fraction of sp³-hybridized carbons (Fsp3) is 0.217. The first-order chi connectivity index (χ1) is 14.5. The molecule has 0 saturated carbocycles. The summed E-state index contributed by atoms with van der Waals surface area (Å²) in [7, 11) is 3.22. The Morgan fingerprint density at radius 3 is 2.47 bits per heavy atom. The van der Waals surface area contributed by atoms with Gasteiger partial charge in [0.25, 0.3) is 5.56 Å². The van der Waals surface area contributed by atoms with Crippen molar-refractivity contribution in [2.45, 2.75) is 13.0 Å². The van der Waals surface area contributed by atoms with E-state index in [9.17, 15) is 9.59 Å². The van der Waals surface area contributed by atoms with Crippen molar-refractivity contribution < 1.29 is 4.74 Å². The zero-order valence-corrected chi connectivity index (χ0v) is 17.0. The largest absolute Gasteiger partial charge is 0.494 e. The van der Waals surface area contributed by atoms with E-state index >= 15 is 0 Å². The maximum atomic E-state index is 12.9. The van der Waals surface area contributed by atoms with Crippen molar-refractivity contribution >= 4 is 16.6 Å². The second-order valence-electron chi connectivity index (χ2n) is 7.45. The Kier molecular flexibility index (Phi) is 4.06. The van der Waals surface area contributed by atoms with Gasteiger partial charge in [-0.05, 0) is 36.8 Å². The quantitative estimate of drug-likeness (QED) is 0.572. The highest BCUT2D eigenvalue weighted by Crippen LogP contribution is 2.40. The number of ether oxygens (including phenoxy) is 1. The van der Waals surface area contributed by atoms with Crippen LogP contribution in [-0.2, 0) is 14.1 Å². The third-order valence-electron chi connectivity index (χ3n) is 5.72. The van der Waals surface area contributed by atoms with Gasteiger partial charge in [-0.15, -0.1) is 0 Å². The third kappa shape index (κ3) is 2.51. The van der Waals surface area contributed by atoms with Crippen LogP contribution in [0, 0.1) is 0 Å². The van der Waals surface area contributed by atoms with E-state index in [2.05, 4.69) is 5.32 Å². The van der Waals surface area contributed by atoms with Crippen LogP contribution < -0.4 is 21.3 Å². The maximum absolute atomic E-state index is 12.9. The van der Waals surface area contributed by atoms with Crippen molar-refractivity contribution in [2.24, 2.45) is 14.1 Å². The first-order valence-corrected chi connectivity index (χ1v) is 9.91. The minimum absolute atomic E-state index is 0.231. The van der Waals surface area contributed by atoms with Gasteiger partial charge in [0.1, 0.15) is 5.75 Å². The van der Waals surface area contributed by atoms with Crippen molar-refractivity contribution in [3.8, 4) is 11.4 Å². The van der Waals surface area contributed by atoms with Crippen molar-refractivity contribution in [1.29, 1.82) is 0 Å². The Hall–Kier alpha value is -3.74. The number of nitrogens with one attached hydrogen (secondary N) is 1. The second-order valence-corrected chi connectivity index (χ2v) is 7.45. The predicted molar refractivity (Wildman–Crippen MR) is 117 cm³/mol. The number of hydrogen-bond acceptors (Lipinski definition) is 4. The molecule has 2 aromatic heterocycles. The average molecular weight is 402 g/mol. The predicted octanol–water partition coefficient (Wildman–Crippen LogP) is 2.94. The Bertz CT molecular complexity index is 1390. The fourth-order valence-electron chi connectivity index (χ4n) is 4.28. The summed E-state index contributed by atoms with van der Waals surface area (Å²) in [6.07, 6.45) is 1.84. The topological polar surface area (TPSA) is 70.2 Å². The molecule has 0 bridgehead atoms. The van der Waals surface area contributed by atoms with Gasteiger partial charge in [0.15, 0.2) is 0 Å². The van der Waals surface area contributed by atoms with Gasteiger partial charge in [-0.3, -0.25) is 13.9 Å². The van der Waals surface area contributed by atoms with Crippen LogP contribution in [0.25, 0.3) is 16.6 Å². The summed E-state index contributed by atoms with van der Waals surface area (Å²) in [5, 5.41) is 4.11. The van der Waals surface area contributed by atoms with Gasteiger partial charge in [-0.1, -0.05) is 24.3 Å². The summed E-state index contributed by atoms with van der Waals surface area (Å²) >= 11 is 0. The highest BCUT2D eigenvalue weighted by atomic mass is 16.5. The van der Waals surface area contributed by atoms with Crippen LogP contribution in [0.4, 0.5) is 5.69 Å². The number of anilines is 1. The summed E-state index contributed by atoms with van der Waals surface area (Å²) in [5.41, 5.74) is 3.80. The number of nitrogens with zero attached hydrogens (tertiary/aromatic N) is 3. The van der Waals surface area contributed by atoms with E-state index in [4.69, 9.17) is 4.74 Å². The van der Waals surface area contributed by atoms with Crippen LogP contribution >= 0.6 is 0 Å². The second kappa shape index (κ2) is 6.66. The van der Waals surface area contributed by atoms with Crippen molar-refractivity contribution in [1.82, 2.24) is 13.7 Å². The summed E-state index contributed by atoms with van der Waals surface area (Å²) in [5.74, 6) is 0.805. The molecular formula is C23H22N4O3. The van der Waals surface area contributed by atoms with Crippen LogP contribution in [0.15, 0.2) is 64.3 Å². The van der Waals surface area contributed by atoms with Crippen molar-refractivity contribution in [2.75, 3.05) is 11.9 Å². The van der Waals surface area contributed by atoms with Crippen molar-refractivity contribution in [3.63, 3.8) is 0 Å². The summed E-state index contributed by atoms with van der Waals surface area (Å²) in [6.45, 7) is 2.56. The van der Waals surface area contributed by atoms with Gasteiger partial charge < -0.3 is 14.6 Å². The van der Waals surface area contributed by atoms with Crippen LogP contribution in [0.3, 0.4) is 0 Å². The minimum Gasteiger partial charge on any atom is -0.494 e. The molecular weight excluding hydrogens is 380 g/mol. The van der Waals surface area contributed by atoms with E-state index in [0.29, 0.717) is 17.5 Å². The van der Waals surface area contributed by atoms with Gasteiger partial charge >= 0.3 is 5.69 Å². The van der Waals surface area contributed by atoms with E-state index in [1.807, 2.05) is 66.2 Å². The van der Waals surface area contributed by atoms with E-state index in [1.54, 1.807) is 11.6 Å². The smallest absolute Gasteiger partial charge is 0.331 e. The molecule has 5 rings (SSSR count). The molecule has 152 valence electrons. The molecule has 1 aliphatic heterocycles. The van der Waals surface area contributed by atoms with Gasteiger partial charge in [0.2, 0.25) is 0 Å². The molecule has 7 nitrogen and oxygen atoms in total. The fourth-order valence-corrected chi connectivity index (χ4v) is 4.28. The first kappa shape index (κ1) is 18.3. The highest BCUT2D eigenvalue weighted by molar-refractivity contribution is 5.86. The van der Waals surface area contributed by atoms with Gasteiger partial charge in [-0.25, -0.2) is 4.79 Å². The van der Waals surface area contributed by atoms with Gasteiger partial charge in [0, 0.05) is 20.3 Å². The summed E-state index contributed by atoms with van der Waals surface area (Å²) in [4.78, 5) is 25.6. The summed E-state index contributed by atoms with van der Waals surface area (Å²) in [6, 6.07) is 15.6. The zero-order valence-electron chi connectivity index (χ0n) is 17.0. The Morgan fingerprint density at radius 1 is 1.00 bits per heavy atom. The number of aryl methyl sites for hydroxylation is 1. The lowest BCUT2D eigenvalue weighted by atomic mass is 9.99. The molecule has 1 N–H and O–H groups in total. The van der Waals surface area contributed by atoms with E-state index in [0.717, 1.165) is 32.9 Å². The minimum atomic E-state index is -0.342. The number of rotatable bonds is 3.